The van der Waals surface area contributed by atoms with Crippen LogP contribution in [-0.4, -0.2) is 14.9 Å². The van der Waals surface area contributed by atoms with Crippen LogP contribution < -0.4 is 0 Å². The summed E-state index contributed by atoms with van der Waals surface area (Å²) < 4.78 is 1.79. The molecule has 2 aromatic rings. The molecule has 16 heavy (non-hydrogen) atoms. The number of nitrogens with zero attached hydrogens (tertiary/aromatic N) is 2. The minimum Gasteiger partial charge on any atom is -0.387 e. The molecule has 0 aromatic carbocycles. The molecule has 2 aromatic heterocycles. The number of rotatable bonds is 3. The normalized spacial score (nSPS) is 13.0. The number of hydrogen-bond donors (Lipinski definition) is 1. The number of thiophene rings is 1. The van der Waals surface area contributed by atoms with Crippen LogP contribution >= 0.6 is 22.9 Å². The molecule has 1 unspecified atom stereocenters. The highest BCUT2D eigenvalue weighted by molar-refractivity contribution is 7.10. The third-order valence-electron chi connectivity index (χ3n) is 2.45. The smallest absolute Gasteiger partial charge is 0.0952 e. The van der Waals surface area contributed by atoms with Gasteiger partial charge in [0.25, 0.3) is 0 Å². The molecule has 0 spiro atoms. The van der Waals surface area contributed by atoms with Crippen LogP contribution in [0.15, 0.2) is 17.5 Å². The van der Waals surface area contributed by atoms with Crippen molar-refractivity contribution >= 4 is 22.9 Å². The highest BCUT2D eigenvalue weighted by atomic mass is 35.5. The maximum Gasteiger partial charge on any atom is 0.0952 e. The zero-order valence-corrected chi connectivity index (χ0v) is 10.7. The van der Waals surface area contributed by atoms with E-state index < -0.39 is 6.10 Å². The molecule has 5 heteroatoms. The van der Waals surface area contributed by atoms with Gasteiger partial charge in [0.05, 0.1) is 21.7 Å². The third-order valence-corrected chi connectivity index (χ3v) is 3.91. The van der Waals surface area contributed by atoms with Crippen molar-refractivity contribution < 1.29 is 5.11 Å². The predicted molar refractivity (Wildman–Crippen MR) is 65.9 cm³/mol. The first-order chi connectivity index (χ1) is 7.58. The van der Waals surface area contributed by atoms with E-state index in [0.29, 0.717) is 11.4 Å². The number of halogens is 1. The van der Waals surface area contributed by atoms with E-state index in [2.05, 4.69) is 5.10 Å². The molecule has 1 N–H and O–H groups in total. The van der Waals surface area contributed by atoms with Gasteiger partial charge in [0.1, 0.15) is 0 Å². The summed E-state index contributed by atoms with van der Waals surface area (Å²) in [5.41, 5.74) is 1.97. The van der Waals surface area contributed by atoms with E-state index in [1.165, 1.54) is 11.3 Å². The molecule has 0 saturated carbocycles. The second-order valence-corrected chi connectivity index (χ2v) is 5.11. The molecule has 86 valence electrons. The van der Waals surface area contributed by atoms with Crippen LogP contribution in [0.3, 0.4) is 0 Å². The molecule has 0 bridgehead atoms. The van der Waals surface area contributed by atoms with Crippen LogP contribution in [0, 0.1) is 6.92 Å². The van der Waals surface area contributed by atoms with E-state index in [-0.39, 0.29) is 0 Å². The molecule has 2 heterocycles. The largest absolute Gasteiger partial charge is 0.387 e. The lowest BCUT2D eigenvalue weighted by Crippen LogP contribution is -2.05. The Morgan fingerprint density at radius 1 is 1.62 bits per heavy atom. The van der Waals surface area contributed by atoms with Crippen molar-refractivity contribution in [3.63, 3.8) is 0 Å². The molecule has 1 atom stereocenters. The van der Waals surface area contributed by atoms with Gasteiger partial charge in [-0.2, -0.15) is 5.10 Å². The molecule has 0 aliphatic carbocycles. The maximum atomic E-state index is 10.1. The van der Waals surface area contributed by atoms with Gasteiger partial charge in [-0.05, 0) is 24.4 Å². The summed E-state index contributed by atoms with van der Waals surface area (Å²) in [7, 11) is 1.88. The number of aliphatic hydroxyl groups excluding tert-OH is 1. The Hall–Kier alpha value is -0.840. The molecule has 0 saturated heterocycles. The fraction of sp³-hybridized carbons (Fsp3) is 0.364. The number of aryl methyl sites for hydroxylation is 2. The van der Waals surface area contributed by atoms with Crippen LogP contribution in [-0.2, 0) is 13.5 Å². The van der Waals surface area contributed by atoms with Gasteiger partial charge in [-0.15, -0.1) is 11.3 Å². The van der Waals surface area contributed by atoms with Crippen molar-refractivity contribution in [2.24, 2.45) is 7.05 Å². The molecule has 0 aliphatic heterocycles. The first kappa shape index (κ1) is 11.6. The first-order valence-electron chi connectivity index (χ1n) is 4.98. The van der Waals surface area contributed by atoms with Gasteiger partial charge >= 0.3 is 0 Å². The zero-order chi connectivity index (χ0) is 11.7. The monoisotopic (exact) mass is 256 g/mol. The topological polar surface area (TPSA) is 38.0 Å². The summed E-state index contributed by atoms with van der Waals surface area (Å²) in [6, 6.07) is 3.78. The van der Waals surface area contributed by atoms with Gasteiger partial charge in [0.15, 0.2) is 0 Å². The van der Waals surface area contributed by atoms with Gasteiger partial charge in [0, 0.05) is 19.2 Å². The maximum absolute atomic E-state index is 10.1. The highest BCUT2D eigenvalue weighted by Gasteiger charge is 2.15. The van der Waals surface area contributed by atoms with Gasteiger partial charge < -0.3 is 5.11 Å². The Labute approximate surface area is 103 Å². The van der Waals surface area contributed by atoms with E-state index in [4.69, 9.17) is 11.6 Å². The number of hydrogen-bond acceptors (Lipinski definition) is 3. The molecule has 3 nitrogen and oxygen atoms in total. The van der Waals surface area contributed by atoms with Crippen LogP contribution in [0.2, 0.25) is 5.02 Å². The molecule has 0 fully saturated rings. The van der Waals surface area contributed by atoms with E-state index >= 15 is 0 Å². The molecular formula is C11H13ClN2OS. The Kier molecular flexibility index (Phi) is 3.33. The molecular weight excluding hydrogens is 244 g/mol. The minimum atomic E-state index is -0.553. The van der Waals surface area contributed by atoms with Crippen molar-refractivity contribution in [2.45, 2.75) is 19.4 Å². The molecule has 0 aliphatic rings. The molecule has 0 radical (unpaired) electrons. The van der Waals surface area contributed by atoms with Crippen molar-refractivity contribution in [1.29, 1.82) is 0 Å². The van der Waals surface area contributed by atoms with Crippen LogP contribution in [0.1, 0.15) is 22.4 Å². The van der Waals surface area contributed by atoms with Crippen molar-refractivity contribution in [1.82, 2.24) is 9.78 Å². The van der Waals surface area contributed by atoms with Crippen molar-refractivity contribution in [3.05, 3.63) is 38.8 Å². The Bertz CT molecular complexity index is 492. The Balaban J connectivity index is 2.16. The lowest BCUT2D eigenvalue weighted by atomic mass is 10.1. The average Bonchev–Trinajstić information content (AvgIpc) is 2.74. The Morgan fingerprint density at radius 3 is 2.88 bits per heavy atom. The number of aliphatic hydroxyl groups is 1. The second-order valence-electron chi connectivity index (χ2n) is 3.75. The van der Waals surface area contributed by atoms with Gasteiger partial charge in [-0.1, -0.05) is 11.6 Å². The average molecular weight is 257 g/mol. The van der Waals surface area contributed by atoms with E-state index in [0.717, 1.165) is 16.3 Å². The summed E-state index contributed by atoms with van der Waals surface area (Å²) in [6.45, 7) is 1.94. The van der Waals surface area contributed by atoms with Crippen molar-refractivity contribution in [3.8, 4) is 0 Å². The lowest BCUT2D eigenvalue weighted by molar-refractivity contribution is 0.179. The van der Waals surface area contributed by atoms with E-state index in [1.807, 2.05) is 25.4 Å². The van der Waals surface area contributed by atoms with E-state index in [9.17, 15) is 5.11 Å². The van der Waals surface area contributed by atoms with Crippen LogP contribution in [0.25, 0.3) is 0 Å². The minimum absolute atomic E-state index is 0.539. The zero-order valence-electron chi connectivity index (χ0n) is 9.14. The third kappa shape index (κ3) is 2.29. The fourth-order valence-corrected chi connectivity index (χ4v) is 2.86. The van der Waals surface area contributed by atoms with Gasteiger partial charge in [0.2, 0.25) is 0 Å². The first-order valence-corrected chi connectivity index (χ1v) is 6.24. The summed E-state index contributed by atoms with van der Waals surface area (Å²) in [6.07, 6.45) is -0.0142. The fourth-order valence-electron chi connectivity index (χ4n) is 1.69. The summed E-state index contributed by atoms with van der Waals surface area (Å²) in [5, 5.41) is 16.8. The molecule has 2 rings (SSSR count). The Morgan fingerprint density at radius 2 is 2.38 bits per heavy atom. The summed E-state index contributed by atoms with van der Waals surface area (Å²) in [5.74, 6) is 0. The SMILES string of the molecule is Cc1cc(CC(O)c2sccc2Cl)n(C)n1. The summed E-state index contributed by atoms with van der Waals surface area (Å²) in [4.78, 5) is 0.820. The molecule has 0 amide bonds. The standard InChI is InChI=1S/C11H13ClN2OS/c1-7-5-8(14(2)13-7)6-10(15)11-9(12)3-4-16-11/h3-5,10,15H,6H2,1-2H3. The quantitative estimate of drug-likeness (QED) is 0.917. The highest BCUT2D eigenvalue weighted by Crippen LogP contribution is 2.30. The van der Waals surface area contributed by atoms with E-state index in [1.54, 1.807) is 10.7 Å². The predicted octanol–water partition coefficient (Wildman–Crippen LogP) is 2.72. The van der Waals surface area contributed by atoms with Crippen molar-refractivity contribution in [2.75, 3.05) is 0 Å². The second kappa shape index (κ2) is 4.57. The van der Waals surface area contributed by atoms with Crippen LogP contribution in [0.4, 0.5) is 0 Å². The van der Waals surface area contributed by atoms with Gasteiger partial charge in [-0.3, -0.25) is 4.68 Å². The lowest BCUT2D eigenvalue weighted by Gasteiger charge is -2.09. The van der Waals surface area contributed by atoms with Gasteiger partial charge in [-0.25, -0.2) is 0 Å². The summed E-state index contributed by atoms with van der Waals surface area (Å²) >= 11 is 7.45. The van der Waals surface area contributed by atoms with Crippen LogP contribution in [0.5, 0.6) is 0 Å². The number of aromatic nitrogens is 2.